The maximum Gasteiger partial charge on any atom is 0.352 e. The summed E-state index contributed by atoms with van der Waals surface area (Å²) in [4.78, 5) is 22.9. The first-order chi connectivity index (χ1) is 9.88. The van der Waals surface area contributed by atoms with Crippen LogP contribution in [0.4, 0.5) is 5.69 Å². The number of hydrogen-bond acceptors (Lipinski definition) is 2. The quantitative estimate of drug-likeness (QED) is 0.904. The first-order valence-electron chi connectivity index (χ1n) is 6.02. The van der Waals surface area contributed by atoms with Crippen molar-refractivity contribution in [1.82, 2.24) is 4.57 Å². The molecule has 1 amide bonds. The monoisotopic (exact) mass is 326 g/mol. The van der Waals surface area contributed by atoms with Gasteiger partial charge in [-0.15, -0.1) is 0 Å². The van der Waals surface area contributed by atoms with Crippen LogP contribution in [0.2, 0.25) is 10.0 Å². The van der Waals surface area contributed by atoms with Gasteiger partial charge >= 0.3 is 5.97 Å². The van der Waals surface area contributed by atoms with Gasteiger partial charge in [0, 0.05) is 11.2 Å². The SMILES string of the molecule is Cc1cc(Cl)c(NC(=O)Cn2cccc2C(=O)O)cc1Cl. The minimum atomic E-state index is -1.09. The molecule has 0 bridgehead atoms. The number of nitrogens with zero attached hydrogens (tertiary/aromatic N) is 1. The molecule has 110 valence electrons. The fraction of sp³-hybridized carbons (Fsp3) is 0.143. The molecule has 2 N–H and O–H groups in total. The van der Waals surface area contributed by atoms with E-state index in [0.717, 1.165) is 5.56 Å². The van der Waals surface area contributed by atoms with Crippen molar-refractivity contribution in [2.75, 3.05) is 5.32 Å². The third-order valence-electron chi connectivity index (χ3n) is 2.89. The Bertz CT molecular complexity index is 710. The smallest absolute Gasteiger partial charge is 0.352 e. The summed E-state index contributed by atoms with van der Waals surface area (Å²) in [7, 11) is 0. The van der Waals surface area contributed by atoms with E-state index < -0.39 is 11.9 Å². The molecule has 0 saturated carbocycles. The van der Waals surface area contributed by atoms with Crippen molar-refractivity contribution in [3.8, 4) is 0 Å². The number of hydrogen-bond donors (Lipinski definition) is 2. The van der Waals surface area contributed by atoms with E-state index in [9.17, 15) is 9.59 Å². The van der Waals surface area contributed by atoms with Gasteiger partial charge in [0.15, 0.2) is 0 Å². The molecular weight excluding hydrogens is 315 g/mol. The molecule has 21 heavy (non-hydrogen) atoms. The summed E-state index contributed by atoms with van der Waals surface area (Å²) in [6, 6.07) is 6.19. The van der Waals surface area contributed by atoms with Gasteiger partial charge in [0.1, 0.15) is 12.2 Å². The van der Waals surface area contributed by atoms with Crippen LogP contribution >= 0.6 is 23.2 Å². The molecular formula is C14H12Cl2N2O3. The molecule has 7 heteroatoms. The number of carboxylic acids is 1. The highest BCUT2D eigenvalue weighted by molar-refractivity contribution is 6.36. The number of carbonyl (C=O) groups is 2. The summed E-state index contributed by atoms with van der Waals surface area (Å²) >= 11 is 12.0. The number of aromatic nitrogens is 1. The third kappa shape index (κ3) is 3.56. The highest BCUT2D eigenvalue weighted by Crippen LogP contribution is 2.28. The molecule has 0 radical (unpaired) electrons. The van der Waals surface area contributed by atoms with E-state index in [2.05, 4.69) is 5.32 Å². The summed E-state index contributed by atoms with van der Waals surface area (Å²) in [5, 5.41) is 12.5. The van der Waals surface area contributed by atoms with Gasteiger partial charge in [-0.05, 0) is 36.8 Å². The van der Waals surface area contributed by atoms with Crippen LogP contribution in [0.25, 0.3) is 0 Å². The van der Waals surface area contributed by atoms with Crippen LogP contribution in [0.5, 0.6) is 0 Å². The van der Waals surface area contributed by atoms with E-state index >= 15 is 0 Å². The van der Waals surface area contributed by atoms with Gasteiger partial charge in [-0.1, -0.05) is 23.2 Å². The average Bonchev–Trinajstić information content (AvgIpc) is 2.84. The summed E-state index contributed by atoms with van der Waals surface area (Å²) in [5.74, 6) is -1.49. The molecule has 0 atom stereocenters. The van der Waals surface area contributed by atoms with Crippen molar-refractivity contribution in [2.45, 2.75) is 13.5 Å². The normalized spacial score (nSPS) is 10.4. The third-order valence-corrected chi connectivity index (χ3v) is 3.60. The lowest BCUT2D eigenvalue weighted by atomic mass is 10.2. The zero-order valence-electron chi connectivity index (χ0n) is 11.1. The second kappa shape index (κ2) is 6.20. The minimum Gasteiger partial charge on any atom is -0.477 e. The summed E-state index contributed by atoms with van der Waals surface area (Å²) < 4.78 is 1.33. The van der Waals surface area contributed by atoms with Gasteiger partial charge in [-0.25, -0.2) is 4.79 Å². The van der Waals surface area contributed by atoms with Crippen LogP contribution in [0.15, 0.2) is 30.5 Å². The Kier molecular flexibility index (Phi) is 4.55. The topological polar surface area (TPSA) is 71.3 Å². The number of anilines is 1. The van der Waals surface area contributed by atoms with Crippen LogP contribution in [-0.4, -0.2) is 21.6 Å². The summed E-state index contributed by atoms with van der Waals surface area (Å²) in [6.45, 7) is 1.68. The van der Waals surface area contributed by atoms with Crippen LogP contribution in [-0.2, 0) is 11.3 Å². The lowest BCUT2D eigenvalue weighted by molar-refractivity contribution is -0.116. The fourth-order valence-corrected chi connectivity index (χ4v) is 2.26. The van der Waals surface area contributed by atoms with E-state index in [1.807, 2.05) is 0 Å². The Balaban J connectivity index is 2.14. The van der Waals surface area contributed by atoms with E-state index in [-0.39, 0.29) is 12.2 Å². The number of aryl methyl sites for hydroxylation is 1. The van der Waals surface area contributed by atoms with Crippen LogP contribution in [0, 0.1) is 6.92 Å². The van der Waals surface area contributed by atoms with Crippen LogP contribution in [0.1, 0.15) is 16.1 Å². The molecule has 0 fully saturated rings. The van der Waals surface area contributed by atoms with E-state index in [0.29, 0.717) is 15.7 Å². The average molecular weight is 327 g/mol. The summed E-state index contributed by atoms with van der Waals surface area (Å²) in [5.41, 5.74) is 1.23. The molecule has 2 aromatic rings. The molecule has 0 saturated heterocycles. The number of nitrogens with one attached hydrogen (secondary N) is 1. The predicted molar refractivity (Wildman–Crippen MR) is 81.2 cm³/mol. The number of amides is 1. The van der Waals surface area contributed by atoms with Crippen molar-refractivity contribution in [3.05, 3.63) is 51.8 Å². The van der Waals surface area contributed by atoms with Crippen molar-refractivity contribution in [1.29, 1.82) is 0 Å². The minimum absolute atomic E-state index is 0.0400. The maximum absolute atomic E-state index is 12.0. The van der Waals surface area contributed by atoms with Crippen molar-refractivity contribution in [3.63, 3.8) is 0 Å². The fourth-order valence-electron chi connectivity index (χ4n) is 1.83. The Labute approximate surface area is 131 Å². The number of halogens is 2. The molecule has 0 aliphatic carbocycles. The number of rotatable bonds is 4. The van der Waals surface area contributed by atoms with Gasteiger partial charge < -0.3 is 15.0 Å². The predicted octanol–water partition coefficient (Wildman–Crippen LogP) is 3.44. The lowest BCUT2D eigenvalue weighted by Gasteiger charge is -2.10. The molecule has 5 nitrogen and oxygen atoms in total. The van der Waals surface area contributed by atoms with Crippen molar-refractivity contribution in [2.24, 2.45) is 0 Å². The second-order valence-corrected chi connectivity index (χ2v) is 5.27. The molecule has 0 aliphatic heterocycles. The Morgan fingerprint density at radius 3 is 2.67 bits per heavy atom. The highest BCUT2D eigenvalue weighted by Gasteiger charge is 2.13. The largest absolute Gasteiger partial charge is 0.477 e. The number of carboxylic acid groups (broad SMARTS) is 1. The highest BCUT2D eigenvalue weighted by atomic mass is 35.5. The van der Waals surface area contributed by atoms with Crippen molar-refractivity contribution < 1.29 is 14.7 Å². The van der Waals surface area contributed by atoms with Gasteiger partial charge in [-0.3, -0.25) is 4.79 Å². The zero-order chi connectivity index (χ0) is 15.6. The Morgan fingerprint density at radius 1 is 1.29 bits per heavy atom. The first kappa shape index (κ1) is 15.4. The van der Waals surface area contributed by atoms with Gasteiger partial charge in [-0.2, -0.15) is 0 Å². The second-order valence-electron chi connectivity index (χ2n) is 4.46. The Hall–Kier alpha value is -1.98. The van der Waals surface area contributed by atoms with E-state index in [1.165, 1.54) is 16.8 Å². The molecule has 0 aliphatic rings. The maximum atomic E-state index is 12.0. The number of benzene rings is 1. The Morgan fingerprint density at radius 2 is 2.00 bits per heavy atom. The van der Waals surface area contributed by atoms with Crippen molar-refractivity contribution >= 4 is 40.8 Å². The van der Waals surface area contributed by atoms with E-state index in [1.54, 1.807) is 25.1 Å². The number of carbonyl (C=O) groups excluding carboxylic acids is 1. The van der Waals surface area contributed by atoms with Crippen LogP contribution < -0.4 is 5.32 Å². The molecule has 0 spiro atoms. The van der Waals surface area contributed by atoms with Gasteiger partial charge in [0.05, 0.1) is 10.7 Å². The van der Waals surface area contributed by atoms with Gasteiger partial charge in [0.2, 0.25) is 5.91 Å². The molecule has 1 heterocycles. The molecule has 1 aromatic heterocycles. The zero-order valence-corrected chi connectivity index (χ0v) is 12.6. The molecule has 1 aromatic carbocycles. The standard InChI is InChI=1S/C14H12Cl2N2O3/c1-8-5-10(16)11(6-9(8)15)17-13(19)7-18-4-2-3-12(18)14(20)21/h2-6H,7H2,1H3,(H,17,19)(H,20,21). The molecule has 2 rings (SSSR count). The van der Waals surface area contributed by atoms with E-state index in [4.69, 9.17) is 28.3 Å². The summed E-state index contributed by atoms with van der Waals surface area (Å²) in [6.07, 6.45) is 1.52. The number of aromatic carboxylic acids is 1. The molecule has 0 unspecified atom stereocenters. The van der Waals surface area contributed by atoms with Gasteiger partial charge in [0.25, 0.3) is 0 Å². The first-order valence-corrected chi connectivity index (χ1v) is 6.78. The van der Waals surface area contributed by atoms with Crippen LogP contribution in [0.3, 0.4) is 0 Å². The lowest BCUT2D eigenvalue weighted by Crippen LogP contribution is -2.21.